The van der Waals surface area contributed by atoms with E-state index in [1.54, 1.807) is 11.0 Å². The highest BCUT2D eigenvalue weighted by Crippen LogP contribution is 2.28. The molecule has 5 nitrogen and oxygen atoms in total. The number of carbonyl (C=O) groups is 1. The Morgan fingerprint density at radius 2 is 1.87 bits per heavy atom. The van der Waals surface area contributed by atoms with Gasteiger partial charge in [-0.25, -0.2) is 4.79 Å². The Morgan fingerprint density at radius 1 is 1.23 bits per heavy atom. The monoisotopic (exact) mass is 453 g/mol. The van der Waals surface area contributed by atoms with Crippen molar-refractivity contribution < 1.29 is 9.53 Å². The molecule has 7 heteroatoms. The Labute approximate surface area is 190 Å². The molecule has 0 N–H and O–H groups in total. The van der Waals surface area contributed by atoms with Crippen molar-refractivity contribution in [2.24, 2.45) is 5.41 Å². The van der Waals surface area contributed by atoms with E-state index in [1.165, 1.54) is 0 Å². The molecule has 0 atom stereocenters. The van der Waals surface area contributed by atoms with Gasteiger partial charge in [0.25, 0.3) is 0 Å². The maximum absolute atomic E-state index is 12.4. The summed E-state index contributed by atoms with van der Waals surface area (Å²) in [5.41, 5.74) is 0.137. The maximum Gasteiger partial charge on any atom is 0.410 e. The first kappa shape index (κ1) is 24.8. The third-order valence-corrected chi connectivity index (χ3v) is 5.93. The number of halogens is 2. The molecule has 1 aliphatic rings. The summed E-state index contributed by atoms with van der Waals surface area (Å²) in [6.45, 7) is 12.4. The molecule has 0 bridgehead atoms. The SMILES string of the molecule is CC(C)(C#N)CCN(Cc1ccc(Cl)cc1Cl)C1CCN(C(=O)OC(C)(C)C)CC1. The average Bonchev–Trinajstić information content (AvgIpc) is 2.65. The summed E-state index contributed by atoms with van der Waals surface area (Å²) in [5.74, 6) is 0. The van der Waals surface area contributed by atoms with E-state index in [0.29, 0.717) is 35.7 Å². The fraction of sp³-hybridized carbons (Fsp3) is 0.652. The fourth-order valence-electron chi connectivity index (χ4n) is 3.48. The van der Waals surface area contributed by atoms with Crippen LogP contribution in [0.15, 0.2) is 18.2 Å². The number of ether oxygens (including phenoxy) is 1. The molecule has 0 spiro atoms. The second-order valence-electron chi connectivity index (χ2n) is 9.65. The number of rotatable bonds is 6. The van der Waals surface area contributed by atoms with Crippen molar-refractivity contribution >= 4 is 29.3 Å². The smallest absolute Gasteiger partial charge is 0.410 e. The van der Waals surface area contributed by atoms with Crippen LogP contribution >= 0.6 is 23.2 Å². The summed E-state index contributed by atoms with van der Waals surface area (Å²) in [5, 5.41) is 10.7. The Kier molecular flexibility index (Phi) is 8.44. The second-order valence-corrected chi connectivity index (χ2v) is 10.5. The maximum atomic E-state index is 12.4. The lowest BCUT2D eigenvalue weighted by Gasteiger charge is -2.39. The molecule has 166 valence electrons. The molecule has 1 aromatic carbocycles. The minimum absolute atomic E-state index is 0.251. The molecule has 1 fully saturated rings. The van der Waals surface area contributed by atoms with Gasteiger partial charge in [-0.2, -0.15) is 5.26 Å². The number of benzene rings is 1. The van der Waals surface area contributed by atoms with E-state index in [1.807, 2.05) is 46.8 Å². The van der Waals surface area contributed by atoms with Gasteiger partial charge in [0.15, 0.2) is 0 Å². The lowest BCUT2D eigenvalue weighted by Crippen LogP contribution is -2.48. The van der Waals surface area contributed by atoms with Crippen molar-refractivity contribution in [2.45, 2.75) is 72.1 Å². The highest BCUT2D eigenvalue weighted by Gasteiger charge is 2.30. The van der Waals surface area contributed by atoms with Gasteiger partial charge in [-0.3, -0.25) is 4.90 Å². The molecule has 1 saturated heterocycles. The van der Waals surface area contributed by atoms with Crippen LogP contribution in [0.1, 0.15) is 59.4 Å². The summed E-state index contributed by atoms with van der Waals surface area (Å²) >= 11 is 12.5. The molecule has 0 radical (unpaired) electrons. The molecule has 0 aliphatic carbocycles. The molecular formula is C23H33Cl2N3O2. The largest absolute Gasteiger partial charge is 0.444 e. The second kappa shape index (κ2) is 10.2. The van der Waals surface area contributed by atoms with Crippen LogP contribution in [-0.2, 0) is 11.3 Å². The van der Waals surface area contributed by atoms with Crippen molar-refractivity contribution in [1.82, 2.24) is 9.80 Å². The summed E-state index contributed by atoms with van der Waals surface area (Å²) in [6, 6.07) is 8.28. The first-order valence-electron chi connectivity index (χ1n) is 10.5. The Morgan fingerprint density at radius 3 is 2.40 bits per heavy atom. The minimum atomic E-state index is -0.492. The molecule has 30 heavy (non-hydrogen) atoms. The van der Waals surface area contributed by atoms with Crippen LogP contribution in [0.2, 0.25) is 10.0 Å². The zero-order valence-corrected chi connectivity index (χ0v) is 20.2. The molecule has 0 saturated carbocycles. The quantitative estimate of drug-likeness (QED) is 0.519. The van der Waals surface area contributed by atoms with Gasteiger partial charge in [0, 0.05) is 42.3 Å². The summed E-state index contributed by atoms with van der Waals surface area (Å²) in [6.07, 6.45) is 2.23. The molecule has 0 aromatic heterocycles. The van der Waals surface area contributed by atoms with Crippen LogP contribution < -0.4 is 0 Å². The van der Waals surface area contributed by atoms with E-state index in [0.717, 1.165) is 31.4 Å². The number of hydrogen-bond acceptors (Lipinski definition) is 4. The van der Waals surface area contributed by atoms with Crippen LogP contribution in [-0.4, -0.2) is 47.2 Å². The van der Waals surface area contributed by atoms with Gasteiger partial charge in [-0.15, -0.1) is 0 Å². The number of amides is 1. The van der Waals surface area contributed by atoms with E-state index >= 15 is 0 Å². The predicted molar refractivity (Wildman–Crippen MR) is 122 cm³/mol. The minimum Gasteiger partial charge on any atom is -0.444 e. The summed E-state index contributed by atoms with van der Waals surface area (Å²) in [7, 11) is 0. The summed E-state index contributed by atoms with van der Waals surface area (Å²) < 4.78 is 5.51. The van der Waals surface area contributed by atoms with Gasteiger partial charge >= 0.3 is 6.09 Å². The van der Waals surface area contributed by atoms with Crippen molar-refractivity contribution in [3.8, 4) is 6.07 Å². The Bertz CT molecular complexity index is 776. The fourth-order valence-corrected chi connectivity index (χ4v) is 3.95. The number of carbonyl (C=O) groups excluding carboxylic acids is 1. The predicted octanol–water partition coefficient (Wildman–Crippen LogP) is 6.13. The first-order valence-corrected chi connectivity index (χ1v) is 11.2. The molecule has 0 unspecified atom stereocenters. The van der Waals surface area contributed by atoms with E-state index in [9.17, 15) is 10.1 Å². The van der Waals surface area contributed by atoms with Crippen LogP contribution in [0.4, 0.5) is 4.79 Å². The molecule has 1 aliphatic heterocycles. The Balaban J connectivity index is 2.07. The first-order chi connectivity index (χ1) is 13.9. The molecule has 1 aromatic rings. The van der Waals surface area contributed by atoms with Crippen molar-refractivity contribution in [1.29, 1.82) is 5.26 Å². The van der Waals surface area contributed by atoms with Gasteiger partial charge in [0.05, 0.1) is 11.5 Å². The van der Waals surface area contributed by atoms with Crippen molar-refractivity contribution in [3.63, 3.8) is 0 Å². The van der Waals surface area contributed by atoms with E-state index in [2.05, 4.69) is 11.0 Å². The van der Waals surface area contributed by atoms with Gasteiger partial charge in [-0.05, 0) is 71.6 Å². The van der Waals surface area contributed by atoms with E-state index in [4.69, 9.17) is 27.9 Å². The third-order valence-electron chi connectivity index (χ3n) is 5.35. The number of hydrogen-bond donors (Lipinski definition) is 0. The molecule has 1 heterocycles. The number of likely N-dealkylation sites (tertiary alicyclic amines) is 1. The van der Waals surface area contributed by atoms with E-state index < -0.39 is 5.60 Å². The topological polar surface area (TPSA) is 56.6 Å². The van der Waals surface area contributed by atoms with Gasteiger partial charge in [0.1, 0.15) is 5.60 Å². The van der Waals surface area contributed by atoms with E-state index in [-0.39, 0.29) is 11.5 Å². The standard InChI is InChI=1S/C23H33Cl2N3O2/c1-22(2,3)30-21(29)27-11-8-19(9-12-27)28(13-10-23(4,5)16-26)15-17-6-7-18(24)14-20(17)25/h6-7,14,19H,8-13,15H2,1-5H3. The highest BCUT2D eigenvalue weighted by molar-refractivity contribution is 6.35. The molecule has 1 amide bonds. The van der Waals surface area contributed by atoms with Gasteiger partial charge in [-0.1, -0.05) is 29.3 Å². The normalized spacial score (nSPS) is 15.9. The number of nitriles is 1. The van der Waals surface area contributed by atoms with Crippen LogP contribution in [0, 0.1) is 16.7 Å². The molecular weight excluding hydrogens is 421 g/mol. The number of piperidine rings is 1. The van der Waals surface area contributed by atoms with Gasteiger partial charge in [0.2, 0.25) is 0 Å². The van der Waals surface area contributed by atoms with Crippen molar-refractivity contribution in [2.75, 3.05) is 19.6 Å². The molecule has 2 rings (SSSR count). The third kappa shape index (κ3) is 7.65. The van der Waals surface area contributed by atoms with Crippen molar-refractivity contribution in [3.05, 3.63) is 33.8 Å². The zero-order chi connectivity index (χ0) is 22.5. The average molecular weight is 454 g/mol. The van der Waals surface area contributed by atoms with Gasteiger partial charge < -0.3 is 9.64 Å². The van der Waals surface area contributed by atoms with Crippen LogP contribution in [0.3, 0.4) is 0 Å². The lowest BCUT2D eigenvalue weighted by molar-refractivity contribution is 0.0132. The highest BCUT2D eigenvalue weighted by atomic mass is 35.5. The zero-order valence-electron chi connectivity index (χ0n) is 18.7. The summed E-state index contributed by atoms with van der Waals surface area (Å²) in [4.78, 5) is 16.6. The van der Waals surface area contributed by atoms with Crippen LogP contribution in [0.5, 0.6) is 0 Å². The lowest BCUT2D eigenvalue weighted by atomic mass is 9.90. The Hall–Kier alpha value is -1.48. The number of nitrogens with zero attached hydrogens (tertiary/aromatic N) is 3. The van der Waals surface area contributed by atoms with Crippen LogP contribution in [0.25, 0.3) is 0 Å².